The van der Waals surface area contributed by atoms with Crippen LogP contribution in [0.4, 0.5) is 5.13 Å². The number of thiazole rings is 1. The molecule has 0 aliphatic rings. The number of aromatic nitrogens is 1. The van der Waals surface area contributed by atoms with Gasteiger partial charge in [0.05, 0.1) is 15.9 Å². The van der Waals surface area contributed by atoms with Crippen LogP contribution in [-0.4, -0.2) is 17.4 Å². The van der Waals surface area contributed by atoms with E-state index in [2.05, 4.69) is 26.2 Å². The standard InChI is InChI=1S/C9H14BrN3OS/c1-5(2)6(3-11)8(14)13-9-12-4-7(10)15-9/h4-6H,3,11H2,1-2H3,(H,12,13,14). The van der Waals surface area contributed by atoms with Crippen LogP contribution in [0.3, 0.4) is 0 Å². The Bertz CT molecular complexity index is 340. The number of nitrogens with one attached hydrogen (secondary N) is 1. The molecule has 0 aliphatic carbocycles. The van der Waals surface area contributed by atoms with Crippen molar-refractivity contribution in [1.82, 2.24) is 4.98 Å². The highest BCUT2D eigenvalue weighted by molar-refractivity contribution is 9.11. The highest BCUT2D eigenvalue weighted by Crippen LogP contribution is 2.24. The first kappa shape index (κ1) is 12.6. The number of hydrogen-bond acceptors (Lipinski definition) is 4. The zero-order chi connectivity index (χ0) is 11.4. The first-order valence-corrected chi connectivity index (χ1v) is 6.27. The van der Waals surface area contributed by atoms with Gasteiger partial charge in [-0.2, -0.15) is 0 Å². The molecule has 0 saturated carbocycles. The number of rotatable bonds is 4. The van der Waals surface area contributed by atoms with Gasteiger partial charge in [-0.3, -0.25) is 4.79 Å². The summed E-state index contributed by atoms with van der Waals surface area (Å²) in [5.41, 5.74) is 5.55. The molecule has 0 bridgehead atoms. The highest BCUT2D eigenvalue weighted by atomic mass is 79.9. The van der Waals surface area contributed by atoms with Crippen molar-refractivity contribution >= 4 is 38.3 Å². The summed E-state index contributed by atoms with van der Waals surface area (Å²) < 4.78 is 0.895. The lowest BCUT2D eigenvalue weighted by Crippen LogP contribution is -2.32. The predicted octanol–water partition coefficient (Wildman–Crippen LogP) is 2.07. The van der Waals surface area contributed by atoms with Gasteiger partial charge in [-0.25, -0.2) is 4.98 Å². The Hall–Kier alpha value is -0.460. The minimum Gasteiger partial charge on any atom is -0.330 e. The number of carbonyl (C=O) groups excluding carboxylic acids is 1. The van der Waals surface area contributed by atoms with Crippen LogP contribution in [0.2, 0.25) is 0 Å². The van der Waals surface area contributed by atoms with Crippen LogP contribution in [0.1, 0.15) is 13.8 Å². The van der Waals surface area contributed by atoms with Crippen LogP contribution in [0.5, 0.6) is 0 Å². The quantitative estimate of drug-likeness (QED) is 0.892. The van der Waals surface area contributed by atoms with Crippen LogP contribution in [0.15, 0.2) is 9.98 Å². The molecule has 1 unspecified atom stereocenters. The largest absolute Gasteiger partial charge is 0.330 e. The van der Waals surface area contributed by atoms with Gasteiger partial charge in [0.2, 0.25) is 5.91 Å². The van der Waals surface area contributed by atoms with Crippen molar-refractivity contribution in [2.75, 3.05) is 11.9 Å². The summed E-state index contributed by atoms with van der Waals surface area (Å²) in [7, 11) is 0. The van der Waals surface area contributed by atoms with Gasteiger partial charge in [0.1, 0.15) is 0 Å². The minimum absolute atomic E-state index is 0.0608. The van der Waals surface area contributed by atoms with Gasteiger partial charge < -0.3 is 11.1 Å². The Labute approximate surface area is 101 Å². The van der Waals surface area contributed by atoms with E-state index in [1.165, 1.54) is 11.3 Å². The number of nitrogens with two attached hydrogens (primary N) is 1. The number of anilines is 1. The van der Waals surface area contributed by atoms with Crippen molar-refractivity contribution in [3.8, 4) is 0 Å². The second kappa shape index (κ2) is 5.58. The number of nitrogens with zero attached hydrogens (tertiary/aromatic N) is 1. The third kappa shape index (κ3) is 3.55. The minimum atomic E-state index is -0.160. The van der Waals surface area contributed by atoms with Gasteiger partial charge in [-0.1, -0.05) is 25.2 Å². The molecule has 15 heavy (non-hydrogen) atoms. The van der Waals surface area contributed by atoms with Gasteiger partial charge in [-0.15, -0.1) is 0 Å². The number of amides is 1. The normalized spacial score (nSPS) is 12.9. The van der Waals surface area contributed by atoms with Gasteiger partial charge in [0, 0.05) is 6.54 Å². The van der Waals surface area contributed by atoms with Crippen molar-refractivity contribution in [3.63, 3.8) is 0 Å². The molecule has 1 rings (SSSR count). The van der Waals surface area contributed by atoms with Crippen LogP contribution in [0.25, 0.3) is 0 Å². The van der Waals surface area contributed by atoms with E-state index in [9.17, 15) is 4.79 Å². The SMILES string of the molecule is CC(C)C(CN)C(=O)Nc1ncc(Br)s1. The Morgan fingerprint density at radius 3 is 2.80 bits per heavy atom. The zero-order valence-electron chi connectivity index (χ0n) is 8.66. The van der Waals surface area contributed by atoms with Gasteiger partial charge >= 0.3 is 0 Å². The fraction of sp³-hybridized carbons (Fsp3) is 0.556. The molecule has 0 radical (unpaired) electrons. The maximum Gasteiger partial charge on any atom is 0.230 e. The summed E-state index contributed by atoms with van der Waals surface area (Å²) >= 11 is 4.67. The molecular formula is C9H14BrN3OS. The lowest BCUT2D eigenvalue weighted by molar-refractivity contribution is -0.120. The molecule has 1 heterocycles. The first-order chi connectivity index (χ1) is 7.04. The second-order valence-electron chi connectivity index (χ2n) is 3.54. The molecule has 1 aromatic rings. The Kier molecular flexibility index (Phi) is 4.69. The maximum atomic E-state index is 11.8. The molecule has 0 spiro atoms. The molecule has 1 atom stereocenters. The summed E-state index contributed by atoms with van der Waals surface area (Å²) in [5, 5.41) is 3.36. The fourth-order valence-corrected chi connectivity index (χ4v) is 2.30. The summed E-state index contributed by atoms with van der Waals surface area (Å²) in [5.74, 6) is 0.0143. The highest BCUT2D eigenvalue weighted by Gasteiger charge is 2.21. The zero-order valence-corrected chi connectivity index (χ0v) is 11.1. The summed E-state index contributed by atoms with van der Waals surface area (Å²) in [6, 6.07) is 0. The summed E-state index contributed by atoms with van der Waals surface area (Å²) in [6.07, 6.45) is 1.66. The van der Waals surface area contributed by atoms with Crippen molar-refractivity contribution in [1.29, 1.82) is 0 Å². The molecule has 84 valence electrons. The molecule has 0 fully saturated rings. The van der Waals surface area contributed by atoms with Gasteiger partial charge in [0.15, 0.2) is 5.13 Å². The average Bonchev–Trinajstić information content (AvgIpc) is 2.51. The van der Waals surface area contributed by atoms with E-state index >= 15 is 0 Å². The molecule has 3 N–H and O–H groups in total. The first-order valence-electron chi connectivity index (χ1n) is 4.67. The van der Waals surface area contributed by atoms with Crippen LogP contribution in [-0.2, 0) is 4.79 Å². The van der Waals surface area contributed by atoms with E-state index in [0.29, 0.717) is 11.7 Å². The maximum absolute atomic E-state index is 11.8. The topological polar surface area (TPSA) is 68.0 Å². The molecule has 1 amide bonds. The van der Waals surface area contributed by atoms with Crippen LogP contribution < -0.4 is 11.1 Å². The monoisotopic (exact) mass is 291 g/mol. The van der Waals surface area contributed by atoms with Gasteiger partial charge in [0.25, 0.3) is 0 Å². The molecule has 1 aromatic heterocycles. The van der Waals surface area contributed by atoms with E-state index < -0.39 is 0 Å². The Morgan fingerprint density at radius 1 is 1.73 bits per heavy atom. The molecular weight excluding hydrogens is 278 g/mol. The smallest absolute Gasteiger partial charge is 0.230 e. The van der Waals surface area contributed by atoms with Crippen molar-refractivity contribution in [2.45, 2.75) is 13.8 Å². The molecule has 0 aromatic carbocycles. The third-order valence-electron chi connectivity index (χ3n) is 2.10. The lowest BCUT2D eigenvalue weighted by atomic mass is 9.95. The van der Waals surface area contributed by atoms with Crippen molar-refractivity contribution < 1.29 is 4.79 Å². The summed E-state index contributed by atoms with van der Waals surface area (Å²) in [4.78, 5) is 15.8. The Morgan fingerprint density at radius 2 is 2.40 bits per heavy atom. The van der Waals surface area contributed by atoms with E-state index in [-0.39, 0.29) is 17.7 Å². The second-order valence-corrected chi connectivity index (χ2v) is 5.95. The number of halogens is 1. The predicted molar refractivity (Wildman–Crippen MR) is 65.8 cm³/mol. The van der Waals surface area contributed by atoms with E-state index in [1.807, 2.05) is 13.8 Å². The molecule has 4 nitrogen and oxygen atoms in total. The van der Waals surface area contributed by atoms with Crippen molar-refractivity contribution in [3.05, 3.63) is 9.98 Å². The van der Waals surface area contributed by atoms with E-state index in [4.69, 9.17) is 5.73 Å². The van der Waals surface area contributed by atoms with E-state index in [0.717, 1.165) is 3.79 Å². The van der Waals surface area contributed by atoms with Crippen LogP contribution in [0, 0.1) is 11.8 Å². The van der Waals surface area contributed by atoms with Crippen LogP contribution >= 0.6 is 27.3 Å². The third-order valence-corrected chi connectivity index (χ3v) is 3.49. The Balaban J connectivity index is 2.62. The molecule has 0 saturated heterocycles. The van der Waals surface area contributed by atoms with Gasteiger partial charge in [-0.05, 0) is 21.8 Å². The number of hydrogen-bond donors (Lipinski definition) is 2. The van der Waals surface area contributed by atoms with Crippen molar-refractivity contribution in [2.24, 2.45) is 17.6 Å². The fourth-order valence-electron chi connectivity index (χ4n) is 1.19. The lowest BCUT2D eigenvalue weighted by Gasteiger charge is -2.16. The summed E-state index contributed by atoms with van der Waals surface area (Å²) in [6.45, 7) is 4.32. The average molecular weight is 292 g/mol. The molecule has 6 heteroatoms. The molecule has 0 aliphatic heterocycles. The number of carbonyl (C=O) groups is 1. The van der Waals surface area contributed by atoms with E-state index in [1.54, 1.807) is 6.20 Å².